The highest BCUT2D eigenvalue weighted by Crippen LogP contribution is 2.67. The quantitative estimate of drug-likeness (QED) is 0.382. The highest BCUT2D eigenvalue weighted by Gasteiger charge is 2.65. The second-order valence-corrected chi connectivity index (χ2v) is 13.0. The summed E-state index contributed by atoms with van der Waals surface area (Å²) in [4.78, 5) is 41.3. The van der Waals surface area contributed by atoms with Crippen LogP contribution in [0.2, 0.25) is 0 Å². The molecule has 37 heavy (non-hydrogen) atoms. The Hall–Kier alpha value is -1.87. The molecule has 0 heterocycles. The molecule has 0 radical (unpaired) electrons. The van der Waals surface area contributed by atoms with Crippen LogP contribution in [0.25, 0.3) is 0 Å². The van der Waals surface area contributed by atoms with Gasteiger partial charge in [-0.15, -0.1) is 0 Å². The van der Waals surface area contributed by atoms with Crippen molar-refractivity contribution in [2.45, 2.75) is 90.2 Å². The first kappa shape index (κ1) is 28.1. The minimum absolute atomic E-state index is 0.0730. The van der Waals surface area contributed by atoms with Gasteiger partial charge in [-0.3, -0.25) is 9.59 Å². The number of nitrogens with one attached hydrogen (secondary N) is 1. The molecule has 7 atom stereocenters. The Morgan fingerprint density at radius 3 is 2.57 bits per heavy atom. The third kappa shape index (κ3) is 4.98. The monoisotopic (exact) mass is 534 g/mol. The van der Waals surface area contributed by atoms with Gasteiger partial charge in [0.1, 0.15) is 11.6 Å². The van der Waals surface area contributed by atoms with E-state index in [0.717, 1.165) is 50.7 Å². The van der Waals surface area contributed by atoms with Gasteiger partial charge in [-0.05, 0) is 106 Å². The third-order valence-corrected chi connectivity index (χ3v) is 11.0. The molecule has 0 aromatic rings. The topological polar surface area (TPSA) is 125 Å². The number of hydrogen-bond donors (Lipinski definition) is 3. The Labute approximate surface area is 224 Å². The fourth-order valence-corrected chi connectivity index (χ4v) is 8.61. The normalized spacial score (nSPS) is 38.6. The first-order valence-electron chi connectivity index (χ1n) is 13.6. The molecule has 3 N–H and O–H groups in total. The van der Waals surface area contributed by atoms with E-state index in [1.807, 2.05) is 6.26 Å². The van der Waals surface area contributed by atoms with Gasteiger partial charge in [0, 0.05) is 5.41 Å². The number of amides is 1. The molecular weight excluding hydrogens is 492 g/mol. The van der Waals surface area contributed by atoms with Crippen LogP contribution in [0.1, 0.15) is 78.6 Å². The maximum absolute atomic E-state index is 12.4. The summed E-state index contributed by atoms with van der Waals surface area (Å²) < 4.78 is 0. The number of allylic oxidation sites excluding steroid dienone is 2. The lowest BCUT2D eigenvalue weighted by molar-refractivity contribution is -0.159. The van der Waals surface area contributed by atoms with Gasteiger partial charge in [-0.25, -0.2) is 4.79 Å². The molecule has 3 saturated carbocycles. The number of carboxylic acids is 1. The number of Topliss-reactive ketones (excluding diaryl/α,β-unsaturated/α-hetero) is 1. The number of ketones is 1. The highest BCUT2D eigenvalue weighted by molar-refractivity contribution is 7.98. The van der Waals surface area contributed by atoms with E-state index in [-0.39, 0.29) is 23.2 Å². The van der Waals surface area contributed by atoms with Gasteiger partial charge in [0.15, 0.2) is 12.4 Å². The van der Waals surface area contributed by atoms with E-state index < -0.39 is 23.5 Å². The molecule has 0 unspecified atom stereocenters. The van der Waals surface area contributed by atoms with Crippen molar-refractivity contribution in [2.75, 3.05) is 18.6 Å². The van der Waals surface area contributed by atoms with Gasteiger partial charge in [0.2, 0.25) is 0 Å². The largest absolute Gasteiger partial charge is 0.480 e. The van der Waals surface area contributed by atoms with Gasteiger partial charge in [-0.2, -0.15) is 11.8 Å². The molecule has 4 rings (SSSR count). The number of carbonyl (C=O) groups is 3. The lowest BCUT2D eigenvalue weighted by Crippen LogP contribution is -2.57. The van der Waals surface area contributed by atoms with E-state index in [9.17, 15) is 24.6 Å². The summed E-state index contributed by atoms with van der Waals surface area (Å²) in [5.41, 5.74) is 0.766. The van der Waals surface area contributed by atoms with E-state index in [0.29, 0.717) is 36.3 Å². The average Bonchev–Trinajstić information content (AvgIpc) is 3.13. The number of nitrogens with zero attached hydrogens (tertiary/aromatic N) is 1. The number of hydrogen-bond acceptors (Lipinski definition) is 7. The Balaban J connectivity index is 1.39. The minimum Gasteiger partial charge on any atom is -0.480 e. The molecule has 9 heteroatoms. The third-order valence-electron chi connectivity index (χ3n) is 10.3. The molecule has 0 aromatic carbocycles. The molecule has 0 saturated heterocycles. The molecule has 206 valence electrons. The molecule has 0 spiro atoms. The Bertz CT molecular complexity index is 997. The standard InChI is InChI=1S/C28H42N2O6S/c1-17(31)28(35)13-9-22-20-6-5-18-15-19(7-11-26(18,2)21(20)8-12-27(22,28)3)30-36-16-24(32)29-23(25(33)34)10-14-37-4/h15,20-23,35H,5-14,16H2,1-4H3,(H,29,32)(H,33,34)/b30-19-/t20-,21+,22-,23-,26-,27-,28-/m0/s1. The summed E-state index contributed by atoms with van der Waals surface area (Å²) in [5.74, 6) is 0.450. The Kier molecular flexibility index (Phi) is 8.15. The summed E-state index contributed by atoms with van der Waals surface area (Å²) in [6.45, 7) is 5.76. The predicted molar refractivity (Wildman–Crippen MR) is 143 cm³/mol. The van der Waals surface area contributed by atoms with Crippen molar-refractivity contribution in [3.63, 3.8) is 0 Å². The summed E-state index contributed by atoms with van der Waals surface area (Å²) in [7, 11) is 0. The Morgan fingerprint density at radius 1 is 1.16 bits per heavy atom. The second-order valence-electron chi connectivity index (χ2n) is 12.0. The zero-order valence-electron chi connectivity index (χ0n) is 22.5. The zero-order chi connectivity index (χ0) is 27.0. The van der Waals surface area contributed by atoms with Gasteiger partial charge < -0.3 is 20.4 Å². The van der Waals surface area contributed by atoms with Crippen LogP contribution >= 0.6 is 11.8 Å². The summed E-state index contributed by atoms with van der Waals surface area (Å²) in [6, 6.07) is -0.924. The Morgan fingerprint density at radius 2 is 1.89 bits per heavy atom. The predicted octanol–water partition coefficient (Wildman–Crippen LogP) is 3.96. The van der Waals surface area contributed by atoms with Crippen LogP contribution in [0.5, 0.6) is 0 Å². The lowest BCUT2D eigenvalue weighted by atomic mass is 9.46. The van der Waals surface area contributed by atoms with Crippen molar-refractivity contribution >= 4 is 35.1 Å². The number of oxime groups is 1. The number of aliphatic carboxylic acids is 1. The molecule has 4 aliphatic carbocycles. The van der Waals surface area contributed by atoms with Crippen molar-refractivity contribution in [3.8, 4) is 0 Å². The van der Waals surface area contributed by atoms with Crippen molar-refractivity contribution in [1.82, 2.24) is 5.32 Å². The van der Waals surface area contributed by atoms with Gasteiger partial charge in [-0.1, -0.05) is 24.6 Å². The average molecular weight is 535 g/mol. The second kappa shape index (κ2) is 10.7. The van der Waals surface area contributed by atoms with Crippen molar-refractivity contribution < 1.29 is 29.4 Å². The summed E-state index contributed by atoms with van der Waals surface area (Å²) in [5, 5.41) is 27.3. The molecule has 8 nitrogen and oxygen atoms in total. The molecule has 3 fully saturated rings. The molecule has 4 aliphatic rings. The van der Waals surface area contributed by atoms with Crippen LogP contribution < -0.4 is 5.32 Å². The molecule has 0 aliphatic heterocycles. The first-order valence-corrected chi connectivity index (χ1v) is 15.0. The van der Waals surface area contributed by atoms with E-state index in [2.05, 4.69) is 30.4 Å². The summed E-state index contributed by atoms with van der Waals surface area (Å²) >= 11 is 1.53. The van der Waals surface area contributed by atoms with Crippen LogP contribution in [0, 0.1) is 28.6 Å². The molecule has 1 amide bonds. The van der Waals surface area contributed by atoms with Crippen LogP contribution in [0.4, 0.5) is 0 Å². The fraction of sp³-hybridized carbons (Fsp3) is 0.786. The van der Waals surface area contributed by atoms with Crippen molar-refractivity contribution in [2.24, 2.45) is 33.7 Å². The van der Waals surface area contributed by atoms with Crippen LogP contribution in [-0.4, -0.2) is 63.8 Å². The van der Waals surface area contributed by atoms with Gasteiger partial charge in [0.05, 0.1) is 5.71 Å². The summed E-state index contributed by atoms with van der Waals surface area (Å²) in [6.07, 6.45) is 11.6. The zero-order valence-corrected chi connectivity index (χ0v) is 23.4. The SMILES string of the molecule is CSCC[C@H](NC(=O)CO/N=C1\C=C2CC[C@H]3[C@@H](CC[C@@]4(C)[C@H]3CC[C@]4(O)C(C)=O)[C@@]2(C)CC1)C(=O)O. The minimum atomic E-state index is -1.19. The van der Waals surface area contributed by atoms with E-state index in [1.54, 1.807) is 6.92 Å². The maximum Gasteiger partial charge on any atom is 0.326 e. The fourth-order valence-electron chi connectivity index (χ4n) is 8.14. The van der Waals surface area contributed by atoms with Crippen molar-refractivity contribution in [1.29, 1.82) is 0 Å². The maximum atomic E-state index is 12.4. The van der Waals surface area contributed by atoms with Gasteiger partial charge >= 0.3 is 5.97 Å². The van der Waals surface area contributed by atoms with Gasteiger partial charge in [0.25, 0.3) is 5.91 Å². The molecule has 0 bridgehead atoms. The van der Waals surface area contributed by atoms with E-state index in [4.69, 9.17) is 4.84 Å². The number of thioether (sulfide) groups is 1. The number of fused-ring (bicyclic) bond motifs is 5. The van der Waals surface area contributed by atoms with Crippen LogP contribution in [0.3, 0.4) is 0 Å². The number of rotatable bonds is 9. The number of carbonyl (C=O) groups excluding carboxylic acids is 2. The molecular formula is C28H42N2O6S. The van der Waals surface area contributed by atoms with Crippen molar-refractivity contribution in [3.05, 3.63) is 11.6 Å². The first-order chi connectivity index (χ1) is 17.5. The van der Waals surface area contributed by atoms with Crippen LogP contribution in [0.15, 0.2) is 16.8 Å². The van der Waals surface area contributed by atoms with E-state index in [1.165, 1.54) is 17.3 Å². The van der Waals surface area contributed by atoms with E-state index >= 15 is 0 Å². The number of aliphatic hydroxyl groups is 1. The smallest absolute Gasteiger partial charge is 0.326 e. The number of carboxylic acid groups (broad SMARTS) is 1. The van der Waals surface area contributed by atoms with Crippen LogP contribution in [-0.2, 0) is 19.2 Å². The lowest BCUT2D eigenvalue weighted by Gasteiger charge is -2.59. The molecule has 0 aromatic heterocycles. The highest BCUT2D eigenvalue weighted by atomic mass is 32.2.